The lowest BCUT2D eigenvalue weighted by atomic mass is 10.1. The van der Waals surface area contributed by atoms with Crippen LogP contribution in [0, 0.1) is 5.92 Å². The molecule has 2 heterocycles. The summed E-state index contributed by atoms with van der Waals surface area (Å²) in [6, 6.07) is 0. The van der Waals surface area contributed by atoms with Gasteiger partial charge in [0.05, 0.1) is 6.54 Å². The van der Waals surface area contributed by atoms with Gasteiger partial charge in [-0.05, 0) is 5.92 Å². The van der Waals surface area contributed by atoms with E-state index in [9.17, 15) is 13.2 Å². The first-order valence-corrected chi connectivity index (χ1v) is 5.74. The highest BCUT2D eigenvalue weighted by atomic mass is 19.4. The van der Waals surface area contributed by atoms with E-state index in [0.29, 0.717) is 25.5 Å². The molecule has 0 bridgehead atoms. The average molecular weight is 264 g/mol. The SMILES string of the molecule is CC(CO)CN1CCn2c(nnc2C(F)(F)F)C1. The van der Waals surface area contributed by atoms with Gasteiger partial charge in [0.2, 0.25) is 5.82 Å². The van der Waals surface area contributed by atoms with Gasteiger partial charge in [-0.3, -0.25) is 4.90 Å². The first-order chi connectivity index (χ1) is 8.41. The molecule has 102 valence electrons. The number of rotatable bonds is 3. The number of fused-ring (bicyclic) bond motifs is 1. The van der Waals surface area contributed by atoms with Gasteiger partial charge >= 0.3 is 6.18 Å². The smallest absolute Gasteiger partial charge is 0.396 e. The number of nitrogens with zero attached hydrogens (tertiary/aromatic N) is 4. The van der Waals surface area contributed by atoms with Crippen LogP contribution in [0.15, 0.2) is 0 Å². The number of alkyl halides is 3. The van der Waals surface area contributed by atoms with E-state index in [4.69, 9.17) is 5.11 Å². The van der Waals surface area contributed by atoms with Crippen LogP contribution >= 0.6 is 0 Å². The Morgan fingerprint density at radius 1 is 1.33 bits per heavy atom. The van der Waals surface area contributed by atoms with Crippen LogP contribution < -0.4 is 0 Å². The van der Waals surface area contributed by atoms with E-state index in [1.54, 1.807) is 0 Å². The quantitative estimate of drug-likeness (QED) is 0.875. The fraction of sp³-hybridized carbons (Fsp3) is 0.800. The molecule has 1 atom stereocenters. The Morgan fingerprint density at radius 2 is 2.06 bits per heavy atom. The first-order valence-electron chi connectivity index (χ1n) is 5.74. The zero-order valence-corrected chi connectivity index (χ0v) is 9.98. The molecule has 0 fully saturated rings. The molecule has 0 amide bonds. The van der Waals surface area contributed by atoms with E-state index >= 15 is 0 Å². The van der Waals surface area contributed by atoms with Gasteiger partial charge in [0, 0.05) is 26.2 Å². The van der Waals surface area contributed by atoms with E-state index in [1.807, 2.05) is 11.8 Å². The second-order valence-electron chi connectivity index (χ2n) is 4.61. The van der Waals surface area contributed by atoms with E-state index in [-0.39, 0.29) is 19.1 Å². The van der Waals surface area contributed by atoms with Gasteiger partial charge in [0.25, 0.3) is 0 Å². The summed E-state index contributed by atoms with van der Waals surface area (Å²) in [6.07, 6.45) is -4.45. The maximum absolute atomic E-state index is 12.6. The van der Waals surface area contributed by atoms with Crippen molar-refractivity contribution < 1.29 is 18.3 Å². The molecule has 0 radical (unpaired) electrons. The Morgan fingerprint density at radius 3 is 2.67 bits per heavy atom. The molecule has 0 aliphatic carbocycles. The zero-order chi connectivity index (χ0) is 13.3. The second-order valence-corrected chi connectivity index (χ2v) is 4.61. The summed E-state index contributed by atoms with van der Waals surface area (Å²) in [5.74, 6) is -0.493. The summed E-state index contributed by atoms with van der Waals surface area (Å²) >= 11 is 0. The normalized spacial score (nSPS) is 18.7. The Balaban J connectivity index is 2.10. The van der Waals surface area contributed by atoms with Crippen molar-refractivity contribution in [1.29, 1.82) is 0 Å². The lowest BCUT2D eigenvalue weighted by Gasteiger charge is -2.29. The van der Waals surface area contributed by atoms with Crippen molar-refractivity contribution in [3.8, 4) is 0 Å². The van der Waals surface area contributed by atoms with Crippen molar-refractivity contribution >= 4 is 0 Å². The van der Waals surface area contributed by atoms with Gasteiger partial charge in [-0.1, -0.05) is 6.92 Å². The maximum atomic E-state index is 12.6. The minimum absolute atomic E-state index is 0.0665. The summed E-state index contributed by atoms with van der Waals surface area (Å²) in [4.78, 5) is 1.98. The van der Waals surface area contributed by atoms with Crippen molar-refractivity contribution in [3.05, 3.63) is 11.6 Å². The van der Waals surface area contributed by atoms with Gasteiger partial charge in [0.1, 0.15) is 5.82 Å². The molecule has 0 saturated carbocycles. The third kappa shape index (κ3) is 2.64. The van der Waals surface area contributed by atoms with Crippen LogP contribution in [0.3, 0.4) is 0 Å². The average Bonchev–Trinajstić information content (AvgIpc) is 2.71. The number of hydrogen-bond acceptors (Lipinski definition) is 4. The zero-order valence-electron chi connectivity index (χ0n) is 9.98. The molecule has 0 aromatic carbocycles. The standard InChI is InChI=1S/C10H15F3N4O/c1-7(6-18)4-16-2-3-17-8(5-16)14-15-9(17)10(11,12)13/h7,18H,2-6H2,1H3. The monoisotopic (exact) mass is 264 g/mol. The molecule has 8 heteroatoms. The van der Waals surface area contributed by atoms with Crippen LogP contribution in [0.5, 0.6) is 0 Å². The molecule has 1 aliphatic rings. The van der Waals surface area contributed by atoms with Crippen LogP contribution in [0.2, 0.25) is 0 Å². The number of aliphatic hydroxyl groups excluding tert-OH is 1. The van der Waals surface area contributed by atoms with Crippen molar-refractivity contribution in [2.24, 2.45) is 5.92 Å². The minimum atomic E-state index is -4.45. The largest absolute Gasteiger partial charge is 0.451 e. The predicted octanol–water partition coefficient (Wildman–Crippen LogP) is 0.741. The molecule has 1 unspecified atom stereocenters. The Kier molecular flexibility index (Phi) is 3.58. The molecule has 5 nitrogen and oxygen atoms in total. The highest BCUT2D eigenvalue weighted by Gasteiger charge is 2.39. The van der Waals surface area contributed by atoms with E-state index in [2.05, 4.69) is 10.2 Å². The summed E-state index contributed by atoms with van der Waals surface area (Å²) in [5, 5.41) is 15.8. The Bertz CT molecular complexity index is 418. The molecule has 1 aliphatic heterocycles. The van der Waals surface area contributed by atoms with Crippen molar-refractivity contribution in [2.45, 2.75) is 26.2 Å². The van der Waals surface area contributed by atoms with E-state index in [1.165, 1.54) is 0 Å². The molecular formula is C10H15F3N4O. The molecule has 18 heavy (non-hydrogen) atoms. The van der Waals surface area contributed by atoms with Gasteiger partial charge < -0.3 is 9.67 Å². The molecule has 1 aromatic rings. The van der Waals surface area contributed by atoms with Crippen LogP contribution in [-0.2, 0) is 19.3 Å². The third-order valence-corrected chi connectivity index (χ3v) is 2.97. The summed E-state index contributed by atoms with van der Waals surface area (Å²) in [5.41, 5.74) is 0. The molecule has 2 rings (SSSR count). The van der Waals surface area contributed by atoms with Crippen molar-refractivity contribution in [3.63, 3.8) is 0 Å². The molecule has 1 aromatic heterocycles. The highest BCUT2D eigenvalue weighted by molar-refractivity contribution is 5.02. The van der Waals surface area contributed by atoms with Gasteiger partial charge in [-0.15, -0.1) is 10.2 Å². The van der Waals surface area contributed by atoms with Crippen LogP contribution in [0.25, 0.3) is 0 Å². The van der Waals surface area contributed by atoms with E-state index < -0.39 is 12.0 Å². The van der Waals surface area contributed by atoms with Crippen molar-refractivity contribution in [2.75, 3.05) is 19.7 Å². The molecular weight excluding hydrogens is 249 g/mol. The van der Waals surface area contributed by atoms with Gasteiger partial charge in [-0.2, -0.15) is 13.2 Å². The number of halogens is 3. The topological polar surface area (TPSA) is 54.2 Å². The number of aromatic nitrogens is 3. The fourth-order valence-electron chi connectivity index (χ4n) is 2.07. The third-order valence-electron chi connectivity index (χ3n) is 2.97. The first kappa shape index (κ1) is 13.3. The highest BCUT2D eigenvalue weighted by Crippen LogP contribution is 2.29. The van der Waals surface area contributed by atoms with E-state index in [0.717, 1.165) is 4.57 Å². The van der Waals surface area contributed by atoms with Crippen LogP contribution in [0.4, 0.5) is 13.2 Å². The molecule has 1 N–H and O–H groups in total. The molecule has 0 saturated heterocycles. The Hall–Kier alpha value is -1.15. The second kappa shape index (κ2) is 4.85. The summed E-state index contributed by atoms with van der Waals surface area (Å²) in [6.45, 7) is 3.68. The van der Waals surface area contributed by atoms with Gasteiger partial charge in [-0.25, -0.2) is 0 Å². The van der Waals surface area contributed by atoms with Gasteiger partial charge in [0.15, 0.2) is 0 Å². The summed E-state index contributed by atoms with van der Waals surface area (Å²) < 4.78 is 38.9. The number of hydrogen-bond donors (Lipinski definition) is 1. The lowest BCUT2D eigenvalue weighted by molar-refractivity contribution is -0.148. The fourth-order valence-corrected chi connectivity index (χ4v) is 2.07. The van der Waals surface area contributed by atoms with Crippen LogP contribution in [-0.4, -0.2) is 44.5 Å². The Labute approximate surface area is 102 Å². The maximum Gasteiger partial charge on any atom is 0.451 e. The number of aliphatic hydroxyl groups is 1. The summed E-state index contributed by atoms with van der Waals surface area (Å²) in [7, 11) is 0. The predicted molar refractivity (Wildman–Crippen MR) is 56.6 cm³/mol. The molecule has 0 spiro atoms. The van der Waals surface area contributed by atoms with Crippen molar-refractivity contribution in [1.82, 2.24) is 19.7 Å². The minimum Gasteiger partial charge on any atom is -0.396 e. The lowest BCUT2D eigenvalue weighted by Crippen LogP contribution is -2.38. The van der Waals surface area contributed by atoms with Crippen LogP contribution in [0.1, 0.15) is 18.6 Å².